The molecular weight excluding hydrogens is 406 g/mol. The third kappa shape index (κ3) is 5.18. The number of amides is 1. The molecule has 0 fully saturated rings. The fourth-order valence-electron chi connectivity index (χ4n) is 2.57. The highest BCUT2D eigenvalue weighted by Crippen LogP contribution is 2.36. The second-order valence-electron chi connectivity index (χ2n) is 5.96. The number of thiocarbonyl (C=S) groups is 1. The molecule has 0 aliphatic rings. The number of ether oxygens (including phenoxy) is 1. The molecule has 0 unspecified atom stereocenters. The van der Waals surface area contributed by atoms with Crippen molar-refractivity contribution >= 4 is 51.2 Å². The summed E-state index contributed by atoms with van der Waals surface area (Å²) in [5.41, 5.74) is 7.76. The smallest absolute Gasteiger partial charge is 0.341 e. The van der Waals surface area contributed by atoms with E-state index in [4.69, 9.17) is 22.7 Å². The lowest BCUT2D eigenvalue weighted by molar-refractivity contribution is 0.0528. The van der Waals surface area contributed by atoms with Gasteiger partial charge in [0.15, 0.2) is 5.11 Å². The van der Waals surface area contributed by atoms with Gasteiger partial charge in [-0.05, 0) is 55.0 Å². The lowest BCUT2D eigenvalue weighted by Gasteiger charge is -2.11. The van der Waals surface area contributed by atoms with Gasteiger partial charge in [0.1, 0.15) is 5.00 Å². The molecule has 0 saturated heterocycles. The van der Waals surface area contributed by atoms with Crippen molar-refractivity contribution in [1.29, 1.82) is 0 Å². The number of hydrogen-bond acceptors (Lipinski definition) is 5. The second kappa shape index (κ2) is 9.31. The topological polar surface area (TPSA) is 93.4 Å². The minimum Gasteiger partial charge on any atom is -0.462 e. The van der Waals surface area contributed by atoms with Crippen molar-refractivity contribution in [3.63, 3.8) is 0 Å². The van der Waals surface area contributed by atoms with Gasteiger partial charge in [-0.3, -0.25) is 4.79 Å². The number of nitrogens with one attached hydrogen (secondary N) is 2. The van der Waals surface area contributed by atoms with E-state index < -0.39 is 11.9 Å². The summed E-state index contributed by atoms with van der Waals surface area (Å²) in [4.78, 5) is 24.5. The number of carbonyl (C=O) groups excluding carboxylic acids is 2. The first kappa shape index (κ1) is 20.5. The van der Waals surface area contributed by atoms with Crippen molar-refractivity contribution in [2.45, 2.75) is 6.92 Å². The fourth-order valence-corrected chi connectivity index (χ4v) is 3.91. The van der Waals surface area contributed by atoms with Gasteiger partial charge in [-0.1, -0.05) is 30.3 Å². The number of primary amides is 1. The maximum Gasteiger partial charge on any atom is 0.341 e. The molecule has 3 rings (SSSR count). The second-order valence-corrected chi connectivity index (χ2v) is 7.42. The standard InChI is InChI=1S/C21H19N3O3S2/c1-2-27-20(26)16-12-17(13-6-4-3-5-7-13)29-19(16)24-21(28)23-15-10-8-14(9-11-15)18(22)25/h3-12H,2H2,1H3,(H2,22,25)(H2,23,24,28). The summed E-state index contributed by atoms with van der Waals surface area (Å²) in [5.74, 6) is -0.912. The van der Waals surface area contributed by atoms with E-state index in [0.29, 0.717) is 26.9 Å². The molecule has 148 valence electrons. The van der Waals surface area contributed by atoms with Crippen LogP contribution in [0.2, 0.25) is 0 Å². The van der Waals surface area contributed by atoms with E-state index in [1.807, 2.05) is 30.3 Å². The molecule has 0 aliphatic heterocycles. The molecule has 1 aromatic heterocycles. The van der Waals surface area contributed by atoms with Crippen LogP contribution in [0.15, 0.2) is 60.7 Å². The average molecular weight is 426 g/mol. The highest BCUT2D eigenvalue weighted by atomic mass is 32.1. The number of nitrogens with two attached hydrogens (primary N) is 1. The summed E-state index contributed by atoms with van der Waals surface area (Å²) < 4.78 is 5.17. The number of thiophene rings is 1. The van der Waals surface area contributed by atoms with E-state index in [1.54, 1.807) is 37.3 Å². The number of carbonyl (C=O) groups is 2. The molecule has 0 spiro atoms. The van der Waals surface area contributed by atoms with E-state index >= 15 is 0 Å². The Labute approximate surface area is 177 Å². The Morgan fingerprint density at radius 1 is 1.07 bits per heavy atom. The maximum absolute atomic E-state index is 12.4. The summed E-state index contributed by atoms with van der Waals surface area (Å²) in [6, 6.07) is 18.2. The van der Waals surface area contributed by atoms with Crippen LogP contribution in [0, 0.1) is 0 Å². The van der Waals surface area contributed by atoms with Crippen molar-refractivity contribution < 1.29 is 14.3 Å². The predicted octanol–water partition coefficient (Wildman–Crippen LogP) is 4.50. The number of anilines is 2. The molecule has 0 atom stereocenters. The predicted molar refractivity (Wildman–Crippen MR) is 121 cm³/mol. The molecule has 29 heavy (non-hydrogen) atoms. The third-order valence-corrected chi connectivity index (χ3v) is 5.24. The first-order valence-corrected chi connectivity index (χ1v) is 10.0. The van der Waals surface area contributed by atoms with Crippen LogP contribution in [-0.4, -0.2) is 23.6 Å². The Kier molecular flexibility index (Phi) is 6.58. The largest absolute Gasteiger partial charge is 0.462 e. The van der Waals surface area contributed by atoms with Crippen LogP contribution in [0.5, 0.6) is 0 Å². The first-order valence-electron chi connectivity index (χ1n) is 8.82. The van der Waals surface area contributed by atoms with E-state index in [1.165, 1.54) is 11.3 Å². The lowest BCUT2D eigenvalue weighted by atomic mass is 10.1. The van der Waals surface area contributed by atoms with Crippen molar-refractivity contribution in [2.75, 3.05) is 17.2 Å². The molecule has 2 aromatic carbocycles. The average Bonchev–Trinajstić information content (AvgIpc) is 3.13. The van der Waals surface area contributed by atoms with E-state index in [2.05, 4.69) is 10.6 Å². The van der Waals surface area contributed by atoms with Gasteiger partial charge in [0.25, 0.3) is 0 Å². The summed E-state index contributed by atoms with van der Waals surface area (Å²) >= 11 is 6.79. The number of hydrogen-bond donors (Lipinski definition) is 3. The van der Waals surface area contributed by atoms with Crippen LogP contribution in [0.25, 0.3) is 10.4 Å². The summed E-state index contributed by atoms with van der Waals surface area (Å²) in [7, 11) is 0. The Balaban J connectivity index is 1.80. The van der Waals surface area contributed by atoms with Crippen LogP contribution in [0.1, 0.15) is 27.6 Å². The van der Waals surface area contributed by atoms with Crippen LogP contribution in [0.4, 0.5) is 10.7 Å². The van der Waals surface area contributed by atoms with E-state index in [9.17, 15) is 9.59 Å². The van der Waals surface area contributed by atoms with Gasteiger partial charge in [-0.2, -0.15) is 0 Å². The van der Waals surface area contributed by atoms with Crippen LogP contribution >= 0.6 is 23.6 Å². The molecule has 0 radical (unpaired) electrons. The maximum atomic E-state index is 12.4. The summed E-state index contributed by atoms with van der Waals surface area (Å²) in [6.07, 6.45) is 0. The highest BCUT2D eigenvalue weighted by Gasteiger charge is 2.19. The SMILES string of the molecule is CCOC(=O)c1cc(-c2ccccc2)sc1NC(=S)Nc1ccc(C(N)=O)cc1. The van der Waals surface area contributed by atoms with E-state index in [0.717, 1.165) is 10.4 Å². The molecule has 0 bridgehead atoms. The molecule has 0 saturated carbocycles. The summed E-state index contributed by atoms with van der Waals surface area (Å²) in [6.45, 7) is 2.04. The number of esters is 1. The molecular formula is C21H19N3O3S2. The molecule has 0 aliphatic carbocycles. The van der Waals surface area contributed by atoms with Crippen LogP contribution in [0.3, 0.4) is 0 Å². The Hall–Kier alpha value is -3.23. The highest BCUT2D eigenvalue weighted by molar-refractivity contribution is 7.80. The normalized spacial score (nSPS) is 10.2. The zero-order valence-corrected chi connectivity index (χ0v) is 17.2. The quantitative estimate of drug-likeness (QED) is 0.398. The minimum absolute atomic E-state index is 0.281. The van der Waals surface area contributed by atoms with Crippen molar-refractivity contribution in [3.8, 4) is 10.4 Å². The van der Waals surface area contributed by atoms with Gasteiger partial charge in [0, 0.05) is 16.1 Å². The van der Waals surface area contributed by atoms with Gasteiger partial charge >= 0.3 is 5.97 Å². The van der Waals surface area contributed by atoms with E-state index in [-0.39, 0.29) is 6.61 Å². The lowest BCUT2D eigenvalue weighted by Crippen LogP contribution is -2.20. The Bertz CT molecular complexity index is 1030. The first-order chi connectivity index (χ1) is 14.0. The fraction of sp³-hybridized carbons (Fsp3) is 0.0952. The molecule has 6 nitrogen and oxygen atoms in total. The van der Waals surface area contributed by atoms with Crippen molar-refractivity contribution in [2.24, 2.45) is 5.73 Å². The number of benzene rings is 2. The molecule has 3 aromatic rings. The minimum atomic E-state index is -0.497. The Morgan fingerprint density at radius 3 is 2.38 bits per heavy atom. The van der Waals surface area contributed by atoms with Crippen LogP contribution < -0.4 is 16.4 Å². The number of rotatable bonds is 6. The molecule has 1 heterocycles. The van der Waals surface area contributed by atoms with Gasteiger partial charge < -0.3 is 21.1 Å². The van der Waals surface area contributed by atoms with Gasteiger partial charge in [0.2, 0.25) is 5.91 Å². The zero-order valence-electron chi connectivity index (χ0n) is 15.6. The van der Waals surface area contributed by atoms with Crippen molar-refractivity contribution in [3.05, 3.63) is 71.8 Å². The van der Waals surface area contributed by atoms with Gasteiger partial charge in [-0.25, -0.2) is 4.79 Å². The Morgan fingerprint density at radius 2 is 1.76 bits per heavy atom. The molecule has 8 heteroatoms. The monoisotopic (exact) mass is 425 g/mol. The summed E-state index contributed by atoms with van der Waals surface area (Å²) in [5, 5.41) is 7.00. The van der Waals surface area contributed by atoms with Gasteiger partial charge in [-0.15, -0.1) is 11.3 Å². The molecule has 1 amide bonds. The zero-order chi connectivity index (χ0) is 20.8. The molecule has 4 N–H and O–H groups in total. The van der Waals surface area contributed by atoms with Gasteiger partial charge in [0.05, 0.1) is 12.2 Å². The van der Waals surface area contributed by atoms with Crippen molar-refractivity contribution in [1.82, 2.24) is 0 Å². The van der Waals surface area contributed by atoms with Crippen LogP contribution in [-0.2, 0) is 4.74 Å². The third-order valence-electron chi connectivity index (χ3n) is 3.94.